The predicted molar refractivity (Wildman–Crippen MR) is 81.8 cm³/mol. The van der Waals surface area contributed by atoms with Crippen molar-refractivity contribution in [2.24, 2.45) is 5.92 Å². The molecular formula is C18H28O. The first-order valence-electron chi connectivity index (χ1n) is 7.76. The normalized spacial score (nSPS) is 24.0. The highest BCUT2D eigenvalue weighted by molar-refractivity contribution is 5.36. The molecule has 3 unspecified atom stereocenters. The minimum Gasteiger partial charge on any atom is -0.393 e. The van der Waals surface area contributed by atoms with Crippen molar-refractivity contribution in [1.82, 2.24) is 0 Å². The molecule has 1 aromatic carbocycles. The van der Waals surface area contributed by atoms with Gasteiger partial charge in [-0.1, -0.05) is 52.8 Å². The van der Waals surface area contributed by atoms with Gasteiger partial charge in [-0.2, -0.15) is 0 Å². The minimum absolute atomic E-state index is 0.0600. The highest BCUT2D eigenvalue weighted by Crippen LogP contribution is 2.45. The van der Waals surface area contributed by atoms with Crippen molar-refractivity contribution in [1.29, 1.82) is 0 Å². The number of benzene rings is 1. The van der Waals surface area contributed by atoms with Gasteiger partial charge in [-0.3, -0.25) is 0 Å². The second-order valence-corrected chi connectivity index (χ2v) is 6.72. The van der Waals surface area contributed by atoms with Crippen molar-refractivity contribution >= 4 is 0 Å². The van der Waals surface area contributed by atoms with Gasteiger partial charge in [0.2, 0.25) is 0 Å². The molecule has 0 radical (unpaired) electrons. The van der Waals surface area contributed by atoms with Crippen molar-refractivity contribution in [3.8, 4) is 0 Å². The summed E-state index contributed by atoms with van der Waals surface area (Å²) < 4.78 is 0. The maximum atomic E-state index is 9.75. The van der Waals surface area contributed by atoms with Crippen LogP contribution in [0.2, 0.25) is 0 Å². The van der Waals surface area contributed by atoms with E-state index in [1.165, 1.54) is 16.7 Å². The van der Waals surface area contributed by atoms with Crippen LogP contribution in [0, 0.1) is 5.92 Å². The summed E-state index contributed by atoms with van der Waals surface area (Å²) in [6, 6.07) is 7.10. The zero-order valence-electron chi connectivity index (χ0n) is 13.0. The number of rotatable bonds is 5. The van der Waals surface area contributed by atoms with E-state index in [9.17, 15) is 5.11 Å². The largest absolute Gasteiger partial charge is 0.393 e. The molecule has 1 aliphatic carbocycles. The molecule has 1 nitrogen and oxygen atoms in total. The number of hydrogen-bond acceptors (Lipinski definition) is 1. The lowest BCUT2D eigenvalue weighted by Gasteiger charge is -2.20. The Hall–Kier alpha value is -0.820. The average molecular weight is 260 g/mol. The molecule has 0 spiro atoms. The van der Waals surface area contributed by atoms with E-state index in [-0.39, 0.29) is 6.10 Å². The molecular weight excluding hydrogens is 232 g/mol. The second-order valence-electron chi connectivity index (χ2n) is 6.72. The van der Waals surface area contributed by atoms with Crippen LogP contribution < -0.4 is 0 Å². The van der Waals surface area contributed by atoms with Gasteiger partial charge in [0.25, 0.3) is 0 Å². The fourth-order valence-electron chi connectivity index (χ4n) is 3.00. The number of hydrogen-bond donors (Lipinski definition) is 1. The van der Waals surface area contributed by atoms with Crippen LogP contribution in [0.15, 0.2) is 18.2 Å². The molecule has 1 saturated carbocycles. The quantitative estimate of drug-likeness (QED) is 0.805. The molecule has 0 heterocycles. The van der Waals surface area contributed by atoms with E-state index >= 15 is 0 Å². The van der Waals surface area contributed by atoms with Crippen LogP contribution in [0.4, 0.5) is 0 Å². The lowest BCUT2D eigenvalue weighted by molar-refractivity contribution is 0.250. The van der Waals surface area contributed by atoms with E-state index < -0.39 is 0 Å². The van der Waals surface area contributed by atoms with Gasteiger partial charge >= 0.3 is 0 Å². The topological polar surface area (TPSA) is 20.2 Å². The first-order chi connectivity index (χ1) is 8.93. The van der Waals surface area contributed by atoms with Gasteiger partial charge in [-0.25, -0.2) is 0 Å². The molecule has 0 aliphatic heterocycles. The Bertz CT molecular complexity index is 407. The van der Waals surface area contributed by atoms with Crippen LogP contribution in [0.1, 0.15) is 81.9 Å². The SMILES string of the molecule is CCC(c1cc(C(C)C)cc(C(C)C)c1)C1CC1O. The van der Waals surface area contributed by atoms with Gasteiger partial charge in [0.05, 0.1) is 6.10 Å². The highest BCUT2D eigenvalue weighted by Gasteiger charge is 2.41. The predicted octanol–water partition coefficient (Wildman–Crippen LogP) is 4.81. The van der Waals surface area contributed by atoms with Gasteiger partial charge in [0.15, 0.2) is 0 Å². The summed E-state index contributed by atoms with van der Waals surface area (Å²) in [4.78, 5) is 0. The Morgan fingerprint density at radius 2 is 1.42 bits per heavy atom. The van der Waals surface area contributed by atoms with E-state index in [0.29, 0.717) is 23.7 Å². The third-order valence-electron chi connectivity index (χ3n) is 4.52. The van der Waals surface area contributed by atoms with Gasteiger partial charge in [0, 0.05) is 0 Å². The summed E-state index contributed by atoms with van der Waals surface area (Å²) in [5.74, 6) is 2.16. The van der Waals surface area contributed by atoms with E-state index in [4.69, 9.17) is 0 Å². The summed E-state index contributed by atoms with van der Waals surface area (Å²) in [6.07, 6.45) is 2.05. The van der Waals surface area contributed by atoms with Crippen LogP contribution in [0.5, 0.6) is 0 Å². The Labute approximate surface area is 118 Å². The molecule has 0 bridgehead atoms. The molecule has 0 amide bonds. The summed E-state index contributed by atoms with van der Waals surface area (Å²) in [7, 11) is 0. The zero-order valence-corrected chi connectivity index (χ0v) is 13.0. The van der Waals surface area contributed by atoms with Crippen LogP contribution in [0.25, 0.3) is 0 Å². The lowest BCUT2D eigenvalue weighted by Crippen LogP contribution is -2.06. The number of aliphatic hydroxyl groups is 1. The van der Waals surface area contributed by atoms with Crippen molar-refractivity contribution < 1.29 is 5.11 Å². The molecule has 0 aromatic heterocycles. The van der Waals surface area contributed by atoms with E-state index in [2.05, 4.69) is 52.8 Å². The molecule has 1 fully saturated rings. The Balaban J connectivity index is 2.37. The van der Waals surface area contributed by atoms with Crippen LogP contribution in [-0.2, 0) is 0 Å². The molecule has 19 heavy (non-hydrogen) atoms. The molecule has 106 valence electrons. The lowest BCUT2D eigenvalue weighted by atomic mass is 9.85. The van der Waals surface area contributed by atoms with E-state index in [1.807, 2.05) is 0 Å². The van der Waals surface area contributed by atoms with Crippen molar-refractivity contribution in [2.75, 3.05) is 0 Å². The van der Waals surface area contributed by atoms with Crippen molar-refractivity contribution in [2.45, 2.75) is 71.3 Å². The molecule has 1 aromatic rings. The smallest absolute Gasteiger partial charge is 0.0579 e. The van der Waals surface area contributed by atoms with Gasteiger partial charge in [0.1, 0.15) is 0 Å². The van der Waals surface area contributed by atoms with Gasteiger partial charge < -0.3 is 5.11 Å². The first-order valence-corrected chi connectivity index (χ1v) is 7.76. The molecule has 1 heteroatoms. The highest BCUT2D eigenvalue weighted by atomic mass is 16.3. The summed E-state index contributed by atoms with van der Waals surface area (Å²) in [5.41, 5.74) is 4.32. The molecule has 1 aliphatic rings. The fourth-order valence-corrected chi connectivity index (χ4v) is 3.00. The van der Waals surface area contributed by atoms with Crippen LogP contribution in [-0.4, -0.2) is 11.2 Å². The summed E-state index contributed by atoms with van der Waals surface area (Å²) in [5, 5.41) is 9.75. The van der Waals surface area contributed by atoms with Crippen molar-refractivity contribution in [3.63, 3.8) is 0 Å². The summed E-state index contributed by atoms with van der Waals surface area (Å²) >= 11 is 0. The first kappa shape index (κ1) is 14.6. The average Bonchev–Trinajstić information content (AvgIpc) is 3.06. The Morgan fingerprint density at radius 3 is 1.74 bits per heavy atom. The maximum Gasteiger partial charge on any atom is 0.0579 e. The third-order valence-corrected chi connectivity index (χ3v) is 4.52. The molecule has 0 saturated heterocycles. The standard InChI is InChI=1S/C18H28O/c1-6-16(17-10-18(17)19)15-8-13(11(2)3)7-14(9-15)12(4)5/h7-9,11-12,16-19H,6,10H2,1-5H3. The van der Waals surface area contributed by atoms with E-state index in [0.717, 1.165) is 12.8 Å². The Morgan fingerprint density at radius 1 is 1.00 bits per heavy atom. The zero-order chi connectivity index (χ0) is 14.2. The van der Waals surface area contributed by atoms with Gasteiger partial charge in [-0.15, -0.1) is 0 Å². The summed E-state index contributed by atoms with van der Waals surface area (Å²) in [6.45, 7) is 11.3. The minimum atomic E-state index is -0.0600. The Kier molecular flexibility index (Phi) is 4.35. The van der Waals surface area contributed by atoms with E-state index in [1.54, 1.807) is 0 Å². The number of aliphatic hydroxyl groups excluding tert-OH is 1. The molecule has 1 N–H and O–H groups in total. The molecule has 3 atom stereocenters. The van der Waals surface area contributed by atoms with Crippen molar-refractivity contribution in [3.05, 3.63) is 34.9 Å². The van der Waals surface area contributed by atoms with Gasteiger partial charge in [-0.05, 0) is 53.2 Å². The molecule has 2 rings (SSSR count). The van der Waals surface area contributed by atoms with Crippen LogP contribution >= 0.6 is 0 Å². The monoisotopic (exact) mass is 260 g/mol. The maximum absolute atomic E-state index is 9.75. The third kappa shape index (κ3) is 3.20. The van der Waals surface area contributed by atoms with Crippen LogP contribution in [0.3, 0.4) is 0 Å². The fraction of sp³-hybridized carbons (Fsp3) is 0.667. The second kappa shape index (κ2) is 5.66.